The summed E-state index contributed by atoms with van der Waals surface area (Å²) in [5.74, 6) is -1.89. The summed E-state index contributed by atoms with van der Waals surface area (Å²) in [6.45, 7) is 3.57. The standard InChI is InChI=1S/C24H20N2O6/c1-13-4-6-16(7-5-13)21(27)19-20(15-8-10-17(11-9-15)24(30)31-3)26(23(29)22(19)28)18-12-14(2)32-25-18/h4-12,20,27H,1-3H3/t20-/m1/s1. The molecular formula is C24H20N2O6. The molecule has 0 saturated carbocycles. The number of aliphatic hydroxyl groups is 1. The van der Waals surface area contributed by atoms with Gasteiger partial charge >= 0.3 is 11.9 Å². The van der Waals surface area contributed by atoms with Crippen molar-refractivity contribution >= 4 is 29.2 Å². The molecule has 2 heterocycles. The van der Waals surface area contributed by atoms with Gasteiger partial charge in [0.1, 0.15) is 11.5 Å². The van der Waals surface area contributed by atoms with Crippen LogP contribution in [0.2, 0.25) is 0 Å². The van der Waals surface area contributed by atoms with Crippen LogP contribution >= 0.6 is 0 Å². The lowest BCUT2D eigenvalue weighted by atomic mass is 9.94. The van der Waals surface area contributed by atoms with Crippen LogP contribution in [0.1, 0.15) is 38.9 Å². The lowest BCUT2D eigenvalue weighted by Gasteiger charge is -2.23. The molecule has 0 spiro atoms. The SMILES string of the molecule is COC(=O)c1ccc([C@@H]2C(=C(O)c3ccc(C)cc3)C(=O)C(=O)N2c2cc(C)on2)cc1. The average Bonchev–Trinajstić information content (AvgIpc) is 3.34. The molecule has 8 heteroatoms. The Kier molecular flexibility index (Phi) is 5.36. The molecule has 162 valence electrons. The van der Waals surface area contributed by atoms with Crippen LogP contribution in [0.4, 0.5) is 5.82 Å². The molecule has 0 bridgehead atoms. The Bertz CT molecular complexity index is 1240. The van der Waals surface area contributed by atoms with Crippen LogP contribution in [0.5, 0.6) is 0 Å². The van der Waals surface area contributed by atoms with E-state index in [1.54, 1.807) is 43.3 Å². The Labute approximate surface area is 183 Å². The zero-order chi connectivity index (χ0) is 23.0. The van der Waals surface area contributed by atoms with Gasteiger partial charge in [0.15, 0.2) is 5.82 Å². The topological polar surface area (TPSA) is 110 Å². The summed E-state index contributed by atoms with van der Waals surface area (Å²) in [7, 11) is 1.28. The van der Waals surface area contributed by atoms with E-state index in [1.165, 1.54) is 30.2 Å². The van der Waals surface area contributed by atoms with Gasteiger partial charge in [-0.2, -0.15) is 0 Å². The maximum absolute atomic E-state index is 13.0. The Hall–Kier alpha value is -4.20. The summed E-state index contributed by atoms with van der Waals surface area (Å²) in [6.07, 6.45) is 0. The molecule has 3 aromatic rings. The van der Waals surface area contributed by atoms with Crippen molar-refractivity contribution < 1.29 is 28.8 Å². The highest BCUT2D eigenvalue weighted by Gasteiger charge is 2.48. The Morgan fingerprint density at radius 2 is 1.66 bits per heavy atom. The van der Waals surface area contributed by atoms with E-state index in [2.05, 4.69) is 5.16 Å². The molecule has 1 fully saturated rings. The summed E-state index contributed by atoms with van der Waals surface area (Å²) in [4.78, 5) is 39.0. The van der Waals surface area contributed by atoms with Gasteiger partial charge in [-0.15, -0.1) is 0 Å². The number of ketones is 1. The second-order valence-electron chi connectivity index (χ2n) is 7.44. The number of anilines is 1. The molecule has 1 saturated heterocycles. The lowest BCUT2D eigenvalue weighted by molar-refractivity contribution is -0.132. The smallest absolute Gasteiger partial charge is 0.337 e. The van der Waals surface area contributed by atoms with Crippen LogP contribution in [-0.4, -0.2) is 35.0 Å². The Morgan fingerprint density at radius 3 is 2.22 bits per heavy atom. The second-order valence-corrected chi connectivity index (χ2v) is 7.44. The zero-order valence-electron chi connectivity index (χ0n) is 17.7. The number of aliphatic hydroxyl groups excluding tert-OH is 1. The number of Topliss-reactive ketones (excluding diaryl/α,β-unsaturated/α-hetero) is 1. The fourth-order valence-corrected chi connectivity index (χ4v) is 3.64. The first-order valence-corrected chi connectivity index (χ1v) is 9.81. The van der Waals surface area contributed by atoms with Gasteiger partial charge in [-0.1, -0.05) is 47.1 Å². The minimum absolute atomic E-state index is 0.0784. The first-order valence-electron chi connectivity index (χ1n) is 9.81. The number of hydrogen-bond donors (Lipinski definition) is 1. The van der Waals surface area contributed by atoms with Gasteiger partial charge < -0.3 is 14.4 Å². The minimum atomic E-state index is -0.965. The van der Waals surface area contributed by atoms with Crippen LogP contribution in [0.15, 0.2) is 64.7 Å². The number of carbonyl (C=O) groups excluding carboxylic acids is 3. The molecule has 0 aliphatic carbocycles. The fourth-order valence-electron chi connectivity index (χ4n) is 3.64. The number of aromatic nitrogens is 1. The number of benzene rings is 2. The maximum Gasteiger partial charge on any atom is 0.337 e. The van der Waals surface area contributed by atoms with Crippen molar-refractivity contribution in [2.24, 2.45) is 0 Å². The number of carbonyl (C=O) groups is 3. The molecule has 1 aromatic heterocycles. The van der Waals surface area contributed by atoms with Crippen molar-refractivity contribution in [2.45, 2.75) is 19.9 Å². The third kappa shape index (κ3) is 3.56. The maximum atomic E-state index is 13.0. The highest BCUT2D eigenvalue weighted by atomic mass is 16.5. The highest BCUT2D eigenvalue weighted by molar-refractivity contribution is 6.51. The predicted octanol–water partition coefficient (Wildman–Crippen LogP) is 3.70. The molecule has 2 aromatic carbocycles. The van der Waals surface area contributed by atoms with Crippen LogP contribution < -0.4 is 4.90 Å². The quantitative estimate of drug-likeness (QED) is 0.290. The Morgan fingerprint density at radius 1 is 1.03 bits per heavy atom. The van der Waals surface area contributed by atoms with Crippen molar-refractivity contribution in [2.75, 3.05) is 12.0 Å². The molecule has 32 heavy (non-hydrogen) atoms. The summed E-state index contributed by atoms with van der Waals surface area (Å²) < 4.78 is 9.83. The second kappa shape index (κ2) is 8.14. The zero-order valence-corrected chi connectivity index (χ0v) is 17.7. The van der Waals surface area contributed by atoms with Crippen LogP contribution in [0, 0.1) is 13.8 Å². The van der Waals surface area contributed by atoms with Crippen molar-refractivity contribution in [3.05, 3.63) is 88.2 Å². The van der Waals surface area contributed by atoms with E-state index in [9.17, 15) is 19.5 Å². The summed E-state index contributed by atoms with van der Waals surface area (Å²) >= 11 is 0. The number of methoxy groups -OCH3 is 1. The predicted molar refractivity (Wildman–Crippen MR) is 115 cm³/mol. The van der Waals surface area contributed by atoms with E-state index < -0.39 is 23.7 Å². The minimum Gasteiger partial charge on any atom is -0.507 e. The van der Waals surface area contributed by atoms with Crippen LogP contribution in [0.3, 0.4) is 0 Å². The third-order valence-corrected chi connectivity index (χ3v) is 5.28. The number of hydrogen-bond acceptors (Lipinski definition) is 7. The van der Waals surface area contributed by atoms with E-state index in [4.69, 9.17) is 9.26 Å². The van der Waals surface area contributed by atoms with Crippen LogP contribution in [-0.2, 0) is 14.3 Å². The number of rotatable bonds is 4. The number of aryl methyl sites for hydroxylation is 2. The molecule has 8 nitrogen and oxygen atoms in total. The molecule has 1 aliphatic heterocycles. The number of esters is 1. The third-order valence-electron chi connectivity index (χ3n) is 5.28. The highest BCUT2D eigenvalue weighted by Crippen LogP contribution is 2.41. The summed E-state index contributed by atoms with van der Waals surface area (Å²) in [5.41, 5.74) is 2.12. The average molecular weight is 432 g/mol. The molecule has 0 radical (unpaired) electrons. The first-order chi connectivity index (χ1) is 15.3. The van der Waals surface area contributed by atoms with Crippen molar-refractivity contribution in [1.29, 1.82) is 0 Å². The van der Waals surface area contributed by atoms with Gasteiger partial charge in [0.25, 0.3) is 5.78 Å². The largest absolute Gasteiger partial charge is 0.507 e. The van der Waals surface area contributed by atoms with Gasteiger partial charge in [0, 0.05) is 11.6 Å². The van der Waals surface area contributed by atoms with E-state index in [1.807, 2.05) is 6.92 Å². The van der Waals surface area contributed by atoms with Crippen molar-refractivity contribution in [3.8, 4) is 0 Å². The lowest BCUT2D eigenvalue weighted by Crippen LogP contribution is -2.29. The van der Waals surface area contributed by atoms with Gasteiger partial charge in [0.05, 0.1) is 24.3 Å². The monoisotopic (exact) mass is 432 g/mol. The van der Waals surface area contributed by atoms with Gasteiger partial charge in [-0.3, -0.25) is 14.5 Å². The first kappa shape index (κ1) is 21.0. The van der Waals surface area contributed by atoms with Gasteiger partial charge in [-0.05, 0) is 31.5 Å². The number of ether oxygens (including phenoxy) is 1. The molecule has 1 atom stereocenters. The summed E-state index contributed by atoms with van der Waals surface area (Å²) in [5, 5.41) is 14.9. The number of nitrogens with zero attached hydrogens (tertiary/aromatic N) is 2. The van der Waals surface area contributed by atoms with E-state index >= 15 is 0 Å². The van der Waals surface area contributed by atoms with E-state index in [0.717, 1.165) is 5.56 Å². The van der Waals surface area contributed by atoms with Gasteiger partial charge in [-0.25, -0.2) is 4.79 Å². The van der Waals surface area contributed by atoms with Crippen molar-refractivity contribution in [1.82, 2.24) is 5.16 Å². The molecule has 1 amide bonds. The van der Waals surface area contributed by atoms with E-state index in [0.29, 0.717) is 22.5 Å². The van der Waals surface area contributed by atoms with Crippen molar-refractivity contribution in [3.63, 3.8) is 0 Å². The molecule has 1 aliphatic rings. The van der Waals surface area contributed by atoms with E-state index in [-0.39, 0.29) is 17.2 Å². The van der Waals surface area contributed by atoms with Crippen LogP contribution in [0.25, 0.3) is 5.76 Å². The molecule has 1 N–H and O–H groups in total. The molecular weight excluding hydrogens is 412 g/mol. The normalized spacial score (nSPS) is 17.6. The van der Waals surface area contributed by atoms with Gasteiger partial charge in [0.2, 0.25) is 0 Å². The molecule has 0 unspecified atom stereocenters. The Balaban J connectivity index is 1.90. The molecule has 4 rings (SSSR count). The summed E-state index contributed by atoms with van der Waals surface area (Å²) in [6, 6.07) is 13.8. The number of amides is 1. The fraction of sp³-hybridized carbons (Fsp3) is 0.167.